The van der Waals surface area contributed by atoms with E-state index in [0.29, 0.717) is 25.6 Å². The van der Waals surface area contributed by atoms with Gasteiger partial charge in [0, 0.05) is 19.3 Å². The number of aliphatic carboxylic acids is 1. The molecule has 3 aliphatic rings. The van der Waals surface area contributed by atoms with Gasteiger partial charge >= 0.3 is 12.1 Å². The fourth-order valence-electron chi connectivity index (χ4n) is 5.89. The van der Waals surface area contributed by atoms with E-state index in [2.05, 4.69) is 23.2 Å². The van der Waals surface area contributed by atoms with Crippen LogP contribution >= 0.6 is 0 Å². The molecule has 2 unspecified atom stereocenters. The van der Waals surface area contributed by atoms with Gasteiger partial charge in [0.05, 0.1) is 24.2 Å². The van der Waals surface area contributed by atoms with E-state index in [-0.39, 0.29) is 23.8 Å². The maximum atomic E-state index is 13.4. The Morgan fingerprint density at radius 1 is 1.14 bits per heavy atom. The lowest BCUT2D eigenvalue weighted by atomic mass is 9.80. The lowest BCUT2D eigenvalue weighted by Crippen LogP contribution is -2.41. The van der Waals surface area contributed by atoms with Crippen LogP contribution in [0, 0.1) is 17.8 Å². The van der Waals surface area contributed by atoms with Gasteiger partial charge in [0.15, 0.2) is 0 Å². The van der Waals surface area contributed by atoms with Crippen LogP contribution in [0.3, 0.4) is 0 Å². The van der Waals surface area contributed by atoms with Crippen molar-refractivity contribution >= 4 is 11.8 Å². The summed E-state index contributed by atoms with van der Waals surface area (Å²) in [4.78, 5) is 17.5. The highest BCUT2D eigenvalue weighted by Gasteiger charge is 2.40. The van der Waals surface area contributed by atoms with Crippen molar-refractivity contribution in [1.82, 2.24) is 4.98 Å². The van der Waals surface area contributed by atoms with Gasteiger partial charge in [-0.3, -0.25) is 4.79 Å². The third-order valence-corrected chi connectivity index (χ3v) is 8.00. The summed E-state index contributed by atoms with van der Waals surface area (Å²) in [5, 5.41) is 9.62. The number of alkyl halides is 3. The first-order chi connectivity index (χ1) is 16.7. The zero-order valence-electron chi connectivity index (χ0n) is 19.8. The molecule has 1 aromatic heterocycles. The number of pyridine rings is 1. The van der Waals surface area contributed by atoms with E-state index in [1.54, 1.807) is 11.8 Å². The Morgan fingerprint density at radius 3 is 2.54 bits per heavy atom. The molecule has 35 heavy (non-hydrogen) atoms. The number of fused-ring (bicyclic) bond motifs is 1. The highest BCUT2D eigenvalue weighted by atomic mass is 19.4. The SMILES string of the molecule is C[C@H](C(=O)O)C(c1ccc2c(c1)CC(C1CCN(c3ncccc3C(F)(F)F)CC1)OC2)C1CC1. The van der Waals surface area contributed by atoms with Crippen molar-refractivity contribution in [1.29, 1.82) is 0 Å². The molecule has 1 aromatic carbocycles. The molecular formula is C27H31F3N2O3. The monoisotopic (exact) mass is 488 g/mol. The summed E-state index contributed by atoms with van der Waals surface area (Å²) in [5.41, 5.74) is 2.78. The Morgan fingerprint density at radius 2 is 1.89 bits per heavy atom. The first-order valence-corrected chi connectivity index (χ1v) is 12.5. The fourth-order valence-corrected chi connectivity index (χ4v) is 5.89. The van der Waals surface area contributed by atoms with Gasteiger partial charge in [-0.1, -0.05) is 25.1 Å². The second-order valence-electron chi connectivity index (χ2n) is 10.3. The van der Waals surface area contributed by atoms with Crippen LogP contribution in [-0.4, -0.2) is 35.3 Å². The highest BCUT2D eigenvalue weighted by molar-refractivity contribution is 5.71. The quantitative estimate of drug-likeness (QED) is 0.568. The van der Waals surface area contributed by atoms with Crippen molar-refractivity contribution in [2.24, 2.45) is 17.8 Å². The van der Waals surface area contributed by atoms with E-state index in [9.17, 15) is 23.1 Å². The molecule has 1 saturated heterocycles. The molecule has 0 spiro atoms. The van der Waals surface area contributed by atoms with Gasteiger partial charge in [0.1, 0.15) is 5.82 Å². The first kappa shape index (κ1) is 24.1. The molecule has 1 aliphatic carbocycles. The van der Waals surface area contributed by atoms with Gasteiger partial charge in [-0.05, 0) is 78.7 Å². The molecule has 2 fully saturated rings. The van der Waals surface area contributed by atoms with Gasteiger partial charge in [-0.15, -0.1) is 0 Å². The molecule has 5 rings (SSSR count). The van der Waals surface area contributed by atoms with Crippen LogP contribution in [0.4, 0.5) is 19.0 Å². The summed E-state index contributed by atoms with van der Waals surface area (Å²) in [6.07, 6.45) is 1.40. The van der Waals surface area contributed by atoms with Crippen LogP contribution in [0.1, 0.15) is 60.8 Å². The summed E-state index contributed by atoms with van der Waals surface area (Å²) in [6, 6.07) is 8.74. The smallest absolute Gasteiger partial charge is 0.419 e. The maximum Gasteiger partial charge on any atom is 0.419 e. The predicted molar refractivity (Wildman–Crippen MR) is 125 cm³/mol. The number of piperidine rings is 1. The van der Waals surface area contributed by atoms with Crippen molar-refractivity contribution in [3.8, 4) is 0 Å². The van der Waals surface area contributed by atoms with E-state index in [1.807, 2.05) is 0 Å². The highest BCUT2D eigenvalue weighted by Crippen LogP contribution is 2.47. The van der Waals surface area contributed by atoms with Crippen molar-refractivity contribution in [3.63, 3.8) is 0 Å². The molecule has 0 radical (unpaired) electrons. The average molecular weight is 489 g/mol. The van der Waals surface area contributed by atoms with E-state index in [4.69, 9.17) is 4.74 Å². The number of carboxylic acids is 1. The Balaban J connectivity index is 1.27. The number of carbonyl (C=O) groups is 1. The number of hydrogen-bond donors (Lipinski definition) is 1. The molecule has 3 heterocycles. The van der Waals surface area contributed by atoms with Crippen LogP contribution in [0.15, 0.2) is 36.5 Å². The maximum absolute atomic E-state index is 13.4. The normalized spacial score (nSPS) is 23.0. The van der Waals surface area contributed by atoms with Gasteiger partial charge in [-0.2, -0.15) is 13.2 Å². The van der Waals surface area contributed by atoms with Crippen molar-refractivity contribution in [3.05, 3.63) is 58.8 Å². The van der Waals surface area contributed by atoms with Crippen LogP contribution in [-0.2, 0) is 28.7 Å². The predicted octanol–water partition coefficient (Wildman–Crippen LogP) is 5.67. The van der Waals surface area contributed by atoms with Crippen LogP contribution in [0.2, 0.25) is 0 Å². The molecule has 3 atom stereocenters. The zero-order chi connectivity index (χ0) is 24.7. The summed E-state index contributed by atoms with van der Waals surface area (Å²) >= 11 is 0. The van der Waals surface area contributed by atoms with Crippen LogP contribution < -0.4 is 4.90 Å². The molecule has 2 aromatic rings. The topological polar surface area (TPSA) is 62.7 Å². The lowest BCUT2D eigenvalue weighted by Gasteiger charge is -2.39. The molecule has 2 aliphatic heterocycles. The summed E-state index contributed by atoms with van der Waals surface area (Å²) in [7, 11) is 0. The molecule has 8 heteroatoms. The third kappa shape index (κ3) is 5.03. The molecule has 0 bridgehead atoms. The van der Waals surface area contributed by atoms with Crippen LogP contribution in [0.5, 0.6) is 0 Å². The van der Waals surface area contributed by atoms with Gasteiger partial charge in [-0.25, -0.2) is 4.98 Å². The Kier molecular flexibility index (Phi) is 6.51. The molecule has 5 nitrogen and oxygen atoms in total. The second kappa shape index (κ2) is 9.45. The lowest BCUT2D eigenvalue weighted by molar-refractivity contribution is -0.142. The Bertz CT molecular complexity index is 1080. The summed E-state index contributed by atoms with van der Waals surface area (Å²) < 4.78 is 46.5. The molecular weight excluding hydrogens is 457 g/mol. The number of anilines is 1. The largest absolute Gasteiger partial charge is 0.481 e. The minimum Gasteiger partial charge on any atom is -0.481 e. The second-order valence-corrected chi connectivity index (χ2v) is 10.3. The zero-order valence-corrected chi connectivity index (χ0v) is 19.8. The molecule has 188 valence electrons. The van der Waals surface area contributed by atoms with E-state index in [0.717, 1.165) is 49.3 Å². The number of benzene rings is 1. The number of rotatable bonds is 6. The number of ether oxygens (including phenoxy) is 1. The summed E-state index contributed by atoms with van der Waals surface area (Å²) in [6.45, 7) is 3.34. The minimum atomic E-state index is -4.43. The van der Waals surface area contributed by atoms with Gasteiger partial charge in [0.2, 0.25) is 0 Å². The van der Waals surface area contributed by atoms with Crippen molar-refractivity contribution in [2.45, 2.75) is 63.8 Å². The van der Waals surface area contributed by atoms with Crippen molar-refractivity contribution < 1.29 is 27.8 Å². The molecule has 1 N–H and O–H groups in total. The van der Waals surface area contributed by atoms with Crippen molar-refractivity contribution in [2.75, 3.05) is 18.0 Å². The standard InChI is InChI=1S/C27H31F3N2O3/c1-16(26(33)34)24(18-4-5-18)19-6-7-20-15-35-23(14-21(20)13-19)17-8-11-32(12-9-17)25-22(27(28,29)30)3-2-10-31-25/h2-3,6-7,10,13,16-18,23-24H,4-5,8-9,11-12,14-15H2,1H3,(H,33,34)/t16-,23?,24?/m0/s1. The minimum absolute atomic E-state index is 0.0108. The van der Waals surface area contributed by atoms with Gasteiger partial charge in [0.25, 0.3) is 0 Å². The number of hydrogen-bond acceptors (Lipinski definition) is 4. The first-order valence-electron chi connectivity index (χ1n) is 12.5. The molecule has 0 amide bonds. The number of aromatic nitrogens is 1. The number of nitrogens with zero attached hydrogens (tertiary/aromatic N) is 2. The van der Waals surface area contributed by atoms with Gasteiger partial charge < -0.3 is 14.7 Å². The Labute approximate surface area is 203 Å². The van der Waals surface area contributed by atoms with E-state index >= 15 is 0 Å². The molecule has 1 saturated carbocycles. The number of carboxylic acid groups (broad SMARTS) is 1. The fraction of sp³-hybridized carbons (Fsp3) is 0.556. The average Bonchev–Trinajstić information content (AvgIpc) is 3.68. The third-order valence-electron chi connectivity index (χ3n) is 8.00. The summed E-state index contributed by atoms with van der Waals surface area (Å²) in [5.74, 6) is -0.436. The van der Waals surface area contributed by atoms with E-state index in [1.165, 1.54) is 17.8 Å². The Hall–Kier alpha value is -2.61. The van der Waals surface area contributed by atoms with E-state index < -0.39 is 23.6 Å². The van der Waals surface area contributed by atoms with Crippen LogP contribution in [0.25, 0.3) is 0 Å². The number of halogens is 3.